The molecule has 4 rings (SSSR count). The molecule has 1 amide bonds. The summed E-state index contributed by atoms with van der Waals surface area (Å²) < 4.78 is 5.09. The zero-order valence-electron chi connectivity index (χ0n) is 12.0. The summed E-state index contributed by atoms with van der Waals surface area (Å²) in [6, 6.07) is 5.72. The first-order valence-corrected chi connectivity index (χ1v) is 7.40. The predicted molar refractivity (Wildman–Crippen MR) is 80.3 cm³/mol. The molecule has 1 aromatic carbocycles. The number of nitrogens with zero attached hydrogens (tertiary/aromatic N) is 2. The smallest absolute Gasteiger partial charge is 0.417 e. The van der Waals surface area contributed by atoms with Gasteiger partial charge in [-0.3, -0.25) is 4.98 Å². The number of aromatic nitrogens is 1. The number of benzene rings is 1. The van der Waals surface area contributed by atoms with Gasteiger partial charge in [-0.25, -0.2) is 9.59 Å². The fraction of sp³-hybridized carbons (Fsp3) is 0.467. The van der Waals surface area contributed by atoms with Crippen molar-refractivity contribution in [1.82, 2.24) is 9.88 Å². The Morgan fingerprint density at radius 3 is 2.68 bits per heavy atom. The SMILES string of the molecule is O=C(O)N1CCC2(CC1)CN(c1ccc3[nH]c(=O)oc3c1)C2. The van der Waals surface area contributed by atoms with E-state index in [2.05, 4.69) is 9.88 Å². The highest BCUT2D eigenvalue weighted by atomic mass is 16.4. The molecule has 0 aliphatic carbocycles. The lowest BCUT2D eigenvalue weighted by atomic mass is 9.72. The lowest BCUT2D eigenvalue weighted by Gasteiger charge is -2.54. The quantitative estimate of drug-likeness (QED) is 0.837. The second-order valence-corrected chi connectivity index (χ2v) is 6.32. The Labute approximate surface area is 126 Å². The molecule has 0 unspecified atom stereocenters. The molecule has 3 heterocycles. The molecular formula is C15H17N3O4. The van der Waals surface area contributed by atoms with Crippen molar-refractivity contribution < 1.29 is 14.3 Å². The van der Waals surface area contributed by atoms with E-state index in [1.807, 2.05) is 18.2 Å². The molecule has 1 aromatic heterocycles. The van der Waals surface area contributed by atoms with Gasteiger partial charge >= 0.3 is 11.8 Å². The normalized spacial score (nSPS) is 20.4. The van der Waals surface area contributed by atoms with Gasteiger partial charge in [0.05, 0.1) is 5.52 Å². The number of piperidine rings is 1. The maximum Gasteiger partial charge on any atom is 0.417 e. The molecule has 2 aliphatic heterocycles. The van der Waals surface area contributed by atoms with Crippen LogP contribution in [0.5, 0.6) is 0 Å². The summed E-state index contributed by atoms with van der Waals surface area (Å²) in [4.78, 5) is 28.5. The van der Waals surface area contributed by atoms with Crippen LogP contribution in [0.2, 0.25) is 0 Å². The van der Waals surface area contributed by atoms with E-state index >= 15 is 0 Å². The standard InChI is InChI=1S/C15H17N3O4/c19-13-16-11-2-1-10(7-12(11)22-13)18-8-15(9-18)3-5-17(6-4-15)14(20)21/h1-2,7H,3-6,8-9H2,(H,16,19)(H,20,21). The molecule has 2 fully saturated rings. The number of amides is 1. The molecule has 7 nitrogen and oxygen atoms in total. The largest absolute Gasteiger partial charge is 0.465 e. The summed E-state index contributed by atoms with van der Waals surface area (Å²) in [5.74, 6) is -0.437. The molecule has 2 aliphatic rings. The molecular weight excluding hydrogens is 286 g/mol. The molecule has 0 radical (unpaired) electrons. The second-order valence-electron chi connectivity index (χ2n) is 6.32. The molecule has 0 atom stereocenters. The van der Waals surface area contributed by atoms with Crippen molar-refractivity contribution in [3.8, 4) is 0 Å². The van der Waals surface area contributed by atoms with Gasteiger partial charge in [-0.05, 0) is 25.0 Å². The van der Waals surface area contributed by atoms with Crippen LogP contribution in [0.1, 0.15) is 12.8 Å². The second kappa shape index (κ2) is 4.53. The zero-order chi connectivity index (χ0) is 15.3. The summed E-state index contributed by atoms with van der Waals surface area (Å²) in [7, 11) is 0. The predicted octanol–water partition coefficient (Wildman–Crippen LogP) is 1.70. The molecule has 2 saturated heterocycles. The van der Waals surface area contributed by atoms with Crippen molar-refractivity contribution in [3.63, 3.8) is 0 Å². The number of hydrogen-bond donors (Lipinski definition) is 2. The van der Waals surface area contributed by atoms with E-state index in [1.54, 1.807) is 0 Å². The average Bonchev–Trinajstić information content (AvgIpc) is 2.83. The first kappa shape index (κ1) is 13.2. The van der Waals surface area contributed by atoms with Crippen LogP contribution in [0.4, 0.5) is 10.5 Å². The minimum atomic E-state index is -0.820. The van der Waals surface area contributed by atoms with Crippen molar-refractivity contribution in [3.05, 3.63) is 28.7 Å². The highest BCUT2D eigenvalue weighted by Gasteiger charge is 2.45. The Morgan fingerprint density at radius 1 is 1.27 bits per heavy atom. The highest BCUT2D eigenvalue weighted by Crippen LogP contribution is 2.42. The number of rotatable bonds is 1. The van der Waals surface area contributed by atoms with Gasteiger partial charge in [-0.15, -0.1) is 0 Å². The van der Waals surface area contributed by atoms with Crippen molar-refractivity contribution in [2.24, 2.45) is 5.41 Å². The van der Waals surface area contributed by atoms with Crippen molar-refractivity contribution >= 4 is 22.9 Å². The number of aromatic amines is 1. The van der Waals surface area contributed by atoms with Crippen LogP contribution in [0.25, 0.3) is 11.1 Å². The van der Waals surface area contributed by atoms with Gasteiger partial charge in [0.25, 0.3) is 0 Å². The molecule has 22 heavy (non-hydrogen) atoms. The van der Waals surface area contributed by atoms with Gasteiger partial charge in [-0.1, -0.05) is 0 Å². The summed E-state index contributed by atoms with van der Waals surface area (Å²) >= 11 is 0. The molecule has 7 heteroatoms. The van der Waals surface area contributed by atoms with Crippen LogP contribution < -0.4 is 10.7 Å². The molecule has 2 N–H and O–H groups in total. The van der Waals surface area contributed by atoms with Gasteiger partial charge in [0.15, 0.2) is 5.58 Å². The van der Waals surface area contributed by atoms with Crippen LogP contribution >= 0.6 is 0 Å². The van der Waals surface area contributed by atoms with Crippen LogP contribution in [-0.2, 0) is 0 Å². The van der Waals surface area contributed by atoms with Crippen molar-refractivity contribution in [2.45, 2.75) is 12.8 Å². The van der Waals surface area contributed by atoms with E-state index in [-0.39, 0.29) is 5.41 Å². The number of anilines is 1. The lowest BCUT2D eigenvalue weighted by molar-refractivity contribution is 0.0710. The molecule has 0 bridgehead atoms. The summed E-state index contributed by atoms with van der Waals surface area (Å²) in [6.07, 6.45) is 1.01. The Morgan fingerprint density at radius 2 is 2.00 bits per heavy atom. The lowest BCUT2D eigenvalue weighted by Crippen LogP contribution is -2.60. The van der Waals surface area contributed by atoms with E-state index < -0.39 is 11.8 Å². The summed E-state index contributed by atoms with van der Waals surface area (Å²) in [5, 5.41) is 9.01. The van der Waals surface area contributed by atoms with E-state index in [0.29, 0.717) is 24.2 Å². The molecule has 116 valence electrons. The number of H-pyrrole nitrogens is 1. The third-order valence-corrected chi connectivity index (χ3v) is 4.92. The van der Waals surface area contributed by atoms with Crippen LogP contribution in [0, 0.1) is 5.41 Å². The Kier molecular flexibility index (Phi) is 2.72. The number of nitrogens with one attached hydrogen (secondary N) is 1. The van der Waals surface area contributed by atoms with Crippen LogP contribution in [0.15, 0.2) is 27.4 Å². The Bertz CT molecular complexity index is 777. The van der Waals surface area contributed by atoms with Crippen molar-refractivity contribution in [1.29, 1.82) is 0 Å². The third kappa shape index (κ3) is 2.04. The maximum absolute atomic E-state index is 11.2. The van der Waals surface area contributed by atoms with Gasteiger partial charge in [0.1, 0.15) is 0 Å². The monoisotopic (exact) mass is 303 g/mol. The third-order valence-electron chi connectivity index (χ3n) is 4.92. The van der Waals surface area contributed by atoms with E-state index in [1.165, 1.54) is 4.90 Å². The number of fused-ring (bicyclic) bond motifs is 1. The molecule has 0 saturated carbocycles. The average molecular weight is 303 g/mol. The van der Waals surface area contributed by atoms with Gasteiger partial charge in [-0.2, -0.15) is 0 Å². The summed E-state index contributed by atoms with van der Waals surface area (Å²) in [5.41, 5.74) is 2.56. The highest BCUT2D eigenvalue weighted by molar-refractivity contribution is 5.77. The van der Waals surface area contributed by atoms with Crippen molar-refractivity contribution in [2.75, 3.05) is 31.1 Å². The number of oxazole rings is 1. The van der Waals surface area contributed by atoms with Gasteiger partial charge < -0.3 is 19.3 Å². The van der Waals surface area contributed by atoms with Gasteiger partial charge in [0, 0.05) is 43.3 Å². The first-order chi connectivity index (χ1) is 10.5. The Balaban J connectivity index is 1.46. The maximum atomic E-state index is 11.2. The Hall–Kier alpha value is -2.44. The number of carbonyl (C=O) groups is 1. The fourth-order valence-electron chi connectivity index (χ4n) is 3.57. The number of carboxylic acid groups (broad SMARTS) is 1. The number of likely N-dealkylation sites (tertiary alicyclic amines) is 1. The van der Waals surface area contributed by atoms with Gasteiger partial charge in [0.2, 0.25) is 0 Å². The fourth-order valence-corrected chi connectivity index (χ4v) is 3.57. The van der Waals surface area contributed by atoms with E-state index in [4.69, 9.17) is 9.52 Å². The van der Waals surface area contributed by atoms with E-state index in [0.717, 1.165) is 31.6 Å². The van der Waals surface area contributed by atoms with Crippen LogP contribution in [-0.4, -0.2) is 47.3 Å². The topological polar surface area (TPSA) is 89.8 Å². The van der Waals surface area contributed by atoms with E-state index in [9.17, 15) is 9.59 Å². The molecule has 2 aromatic rings. The minimum Gasteiger partial charge on any atom is -0.465 e. The molecule has 1 spiro atoms. The minimum absolute atomic E-state index is 0.236. The zero-order valence-corrected chi connectivity index (χ0v) is 12.0. The summed E-state index contributed by atoms with van der Waals surface area (Å²) in [6.45, 7) is 3.10. The van der Waals surface area contributed by atoms with Crippen LogP contribution in [0.3, 0.4) is 0 Å². The first-order valence-electron chi connectivity index (χ1n) is 7.40. The number of hydrogen-bond acceptors (Lipinski definition) is 4.